The standard InChI is InChI=1S/C30H42N2O/c1-8-22(28(33)23-10-9-11-23)18-31-20(2)32(19-21-12-13-21)27-17-24(29(3,4)5)16-26-25(27)14-15-30(26,6)7/h8,16-18,21,23H,2,9-15,19H2,1,3-7H3/b22-8+,31-18-. The summed E-state index contributed by atoms with van der Waals surface area (Å²) in [5.74, 6) is 1.89. The molecule has 2 fully saturated rings. The van der Waals surface area contributed by atoms with E-state index in [2.05, 4.69) is 58.2 Å². The van der Waals surface area contributed by atoms with Crippen LogP contribution in [0.3, 0.4) is 0 Å². The van der Waals surface area contributed by atoms with Gasteiger partial charge in [-0.25, -0.2) is 4.99 Å². The molecule has 0 spiro atoms. The number of hydrogen-bond acceptors (Lipinski definition) is 3. The minimum absolute atomic E-state index is 0.0750. The zero-order chi connectivity index (χ0) is 24.0. The lowest BCUT2D eigenvalue weighted by molar-refractivity contribution is -0.120. The molecule has 0 bridgehead atoms. The van der Waals surface area contributed by atoms with Gasteiger partial charge in [-0.2, -0.15) is 0 Å². The van der Waals surface area contributed by atoms with Crippen molar-refractivity contribution >= 4 is 17.7 Å². The summed E-state index contributed by atoms with van der Waals surface area (Å²) in [4.78, 5) is 19.9. The molecule has 3 aliphatic rings. The van der Waals surface area contributed by atoms with Crippen LogP contribution in [0.1, 0.15) is 96.8 Å². The number of ketones is 1. The molecule has 3 heteroatoms. The molecule has 0 amide bonds. The maximum Gasteiger partial charge on any atom is 0.167 e. The van der Waals surface area contributed by atoms with E-state index in [0.29, 0.717) is 5.92 Å². The molecule has 0 unspecified atom stereocenters. The first-order chi connectivity index (χ1) is 15.5. The number of nitrogens with zero attached hydrogens (tertiary/aromatic N) is 2. The topological polar surface area (TPSA) is 32.7 Å². The summed E-state index contributed by atoms with van der Waals surface area (Å²) in [5.41, 5.74) is 6.59. The second kappa shape index (κ2) is 8.89. The highest BCUT2D eigenvalue weighted by Crippen LogP contribution is 2.46. The van der Waals surface area contributed by atoms with Crippen molar-refractivity contribution in [3.63, 3.8) is 0 Å². The van der Waals surface area contributed by atoms with Gasteiger partial charge >= 0.3 is 0 Å². The third-order valence-corrected chi connectivity index (χ3v) is 7.99. The van der Waals surface area contributed by atoms with E-state index in [1.165, 1.54) is 41.6 Å². The van der Waals surface area contributed by atoms with Crippen molar-refractivity contribution in [1.29, 1.82) is 0 Å². The molecule has 0 aromatic heterocycles. The average Bonchev–Trinajstić information content (AvgIpc) is 3.47. The smallest absolute Gasteiger partial charge is 0.167 e. The lowest BCUT2D eigenvalue weighted by atomic mass is 9.80. The summed E-state index contributed by atoms with van der Waals surface area (Å²) >= 11 is 0. The molecule has 178 valence electrons. The molecule has 0 heterocycles. The Balaban J connectivity index is 1.70. The Bertz CT molecular complexity index is 997. The van der Waals surface area contributed by atoms with E-state index in [1.807, 2.05) is 13.0 Å². The number of aliphatic imine (C=N–C) groups is 1. The Kier molecular flexibility index (Phi) is 6.46. The second-order valence-electron chi connectivity index (χ2n) is 12.1. The van der Waals surface area contributed by atoms with E-state index in [1.54, 1.807) is 6.21 Å². The highest BCUT2D eigenvalue weighted by Gasteiger charge is 2.36. The Morgan fingerprint density at radius 1 is 1.21 bits per heavy atom. The van der Waals surface area contributed by atoms with E-state index >= 15 is 0 Å². The fraction of sp³-hybridized carbons (Fsp3) is 0.600. The van der Waals surface area contributed by atoms with E-state index in [-0.39, 0.29) is 22.5 Å². The number of carbonyl (C=O) groups is 1. The number of benzene rings is 1. The summed E-state index contributed by atoms with van der Waals surface area (Å²) in [6.07, 6.45) is 11.7. The maximum absolute atomic E-state index is 12.8. The van der Waals surface area contributed by atoms with Crippen molar-refractivity contribution in [3.8, 4) is 0 Å². The third kappa shape index (κ3) is 5.03. The Morgan fingerprint density at radius 2 is 1.91 bits per heavy atom. The van der Waals surface area contributed by atoms with Gasteiger partial charge in [0, 0.05) is 29.9 Å². The predicted octanol–water partition coefficient (Wildman–Crippen LogP) is 7.28. The first kappa shape index (κ1) is 24.0. The predicted molar refractivity (Wildman–Crippen MR) is 140 cm³/mol. The van der Waals surface area contributed by atoms with E-state index in [4.69, 9.17) is 4.99 Å². The molecule has 3 nitrogen and oxygen atoms in total. The summed E-state index contributed by atoms with van der Waals surface area (Å²) in [5, 5.41) is 0. The molecule has 1 aromatic rings. The van der Waals surface area contributed by atoms with Crippen LogP contribution in [0.2, 0.25) is 0 Å². The van der Waals surface area contributed by atoms with Gasteiger partial charge in [0.25, 0.3) is 0 Å². The summed E-state index contributed by atoms with van der Waals surface area (Å²) in [6, 6.07) is 4.84. The zero-order valence-corrected chi connectivity index (χ0v) is 21.6. The van der Waals surface area contributed by atoms with Crippen molar-refractivity contribution in [3.05, 3.63) is 52.9 Å². The van der Waals surface area contributed by atoms with E-state index < -0.39 is 0 Å². The van der Waals surface area contributed by atoms with Gasteiger partial charge in [-0.05, 0) is 85.0 Å². The number of carbonyl (C=O) groups excluding carboxylic acids is 1. The monoisotopic (exact) mass is 446 g/mol. The molecule has 0 radical (unpaired) electrons. The van der Waals surface area contributed by atoms with Crippen LogP contribution in [0.4, 0.5) is 5.69 Å². The van der Waals surface area contributed by atoms with Crippen molar-refractivity contribution in [2.24, 2.45) is 16.8 Å². The highest BCUT2D eigenvalue weighted by molar-refractivity contribution is 6.14. The number of fused-ring (bicyclic) bond motifs is 1. The molecule has 3 aliphatic carbocycles. The van der Waals surface area contributed by atoms with Crippen LogP contribution in [-0.4, -0.2) is 18.5 Å². The number of Topliss-reactive ketones (excluding diaryl/α,β-unsaturated/α-hetero) is 1. The molecular formula is C30H42N2O. The van der Waals surface area contributed by atoms with Gasteiger partial charge < -0.3 is 4.90 Å². The van der Waals surface area contributed by atoms with Crippen LogP contribution in [0.25, 0.3) is 0 Å². The van der Waals surface area contributed by atoms with Crippen LogP contribution < -0.4 is 4.90 Å². The fourth-order valence-corrected chi connectivity index (χ4v) is 5.07. The van der Waals surface area contributed by atoms with E-state index in [9.17, 15) is 4.79 Å². The van der Waals surface area contributed by atoms with Gasteiger partial charge in [0.2, 0.25) is 0 Å². The second-order valence-corrected chi connectivity index (χ2v) is 12.1. The fourth-order valence-electron chi connectivity index (χ4n) is 5.07. The Morgan fingerprint density at radius 3 is 2.45 bits per heavy atom. The van der Waals surface area contributed by atoms with Gasteiger partial charge in [-0.1, -0.05) is 59.8 Å². The Hall–Kier alpha value is -2.16. The minimum Gasteiger partial charge on any atom is -0.326 e. The van der Waals surface area contributed by atoms with Crippen LogP contribution in [0, 0.1) is 11.8 Å². The van der Waals surface area contributed by atoms with Gasteiger partial charge in [0.05, 0.1) is 0 Å². The van der Waals surface area contributed by atoms with Crippen molar-refractivity contribution in [2.45, 2.75) is 97.3 Å². The lowest BCUT2D eigenvalue weighted by Gasteiger charge is -2.31. The summed E-state index contributed by atoms with van der Waals surface area (Å²) in [6.45, 7) is 18.9. The molecule has 0 aliphatic heterocycles. The van der Waals surface area contributed by atoms with Gasteiger partial charge in [0.1, 0.15) is 5.82 Å². The lowest BCUT2D eigenvalue weighted by Crippen LogP contribution is -2.27. The maximum atomic E-state index is 12.8. The highest BCUT2D eigenvalue weighted by atomic mass is 16.1. The third-order valence-electron chi connectivity index (χ3n) is 7.99. The number of rotatable bonds is 8. The molecule has 2 saturated carbocycles. The number of anilines is 1. The molecule has 0 saturated heterocycles. The molecule has 4 rings (SSSR count). The largest absolute Gasteiger partial charge is 0.326 e. The van der Waals surface area contributed by atoms with Crippen molar-refractivity contribution in [2.75, 3.05) is 11.4 Å². The van der Waals surface area contributed by atoms with Crippen LogP contribution in [0.5, 0.6) is 0 Å². The zero-order valence-electron chi connectivity index (χ0n) is 21.6. The van der Waals surface area contributed by atoms with Gasteiger partial charge in [-0.3, -0.25) is 4.79 Å². The average molecular weight is 447 g/mol. The molecule has 0 N–H and O–H groups in total. The van der Waals surface area contributed by atoms with Gasteiger partial charge in [-0.15, -0.1) is 0 Å². The number of allylic oxidation sites excluding steroid dienone is 2. The quantitative estimate of drug-likeness (QED) is 0.310. The van der Waals surface area contributed by atoms with Crippen LogP contribution >= 0.6 is 0 Å². The van der Waals surface area contributed by atoms with E-state index in [0.717, 1.165) is 43.6 Å². The van der Waals surface area contributed by atoms with Crippen molar-refractivity contribution < 1.29 is 4.79 Å². The molecule has 33 heavy (non-hydrogen) atoms. The number of hydrogen-bond donors (Lipinski definition) is 0. The molecular weight excluding hydrogens is 404 g/mol. The summed E-state index contributed by atoms with van der Waals surface area (Å²) < 4.78 is 0. The SMILES string of the molecule is C=C(/N=C\C(=C/C)C(=O)C1CCC1)N(CC1CC1)c1cc(C(C)(C)C)cc2c1CCC2(C)C. The normalized spacial score (nSPS) is 20.6. The first-order valence-electron chi connectivity index (χ1n) is 12.9. The van der Waals surface area contributed by atoms with Crippen LogP contribution in [0.15, 0.2) is 41.2 Å². The van der Waals surface area contributed by atoms with Crippen LogP contribution in [-0.2, 0) is 22.0 Å². The first-order valence-corrected chi connectivity index (χ1v) is 12.9. The Labute approximate surface area is 201 Å². The van der Waals surface area contributed by atoms with Gasteiger partial charge in [0.15, 0.2) is 5.78 Å². The van der Waals surface area contributed by atoms with Crippen molar-refractivity contribution in [1.82, 2.24) is 0 Å². The molecule has 1 aromatic carbocycles. The molecule has 0 atom stereocenters. The minimum atomic E-state index is 0.0750. The summed E-state index contributed by atoms with van der Waals surface area (Å²) in [7, 11) is 0.